The summed E-state index contributed by atoms with van der Waals surface area (Å²) in [6.07, 6.45) is -2.65. The number of rotatable bonds is 9. The van der Waals surface area contributed by atoms with Crippen LogP contribution in [0.4, 0.5) is 24.8 Å². The fourth-order valence-electron chi connectivity index (χ4n) is 5.42. The van der Waals surface area contributed by atoms with Crippen LogP contribution in [0.1, 0.15) is 53.4 Å². The summed E-state index contributed by atoms with van der Waals surface area (Å²) in [5.74, 6) is -1.28. The third-order valence-electron chi connectivity index (χ3n) is 7.68. The van der Waals surface area contributed by atoms with Gasteiger partial charge < -0.3 is 25.0 Å². The van der Waals surface area contributed by atoms with Crippen LogP contribution in [-0.4, -0.2) is 74.8 Å². The molecule has 46 heavy (non-hydrogen) atoms. The highest BCUT2D eigenvalue weighted by atomic mass is 35.5. The van der Waals surface area contributed by atoms with Crippen LogP contribution in [0, 0.1) is 0 Å². The highest BCUT2D eigenvalue weighted by molar-refractivity contribution is 7.88. The van der Waals surface area contributed by atoms with Gasteiger partial charge in [0.2, 0.25) is 21.9 Å². The molecular formula is C30H36ClF3N6O5S. The third kappa shape index (κ3) is 8.18. The molecule has 0 unspecified atom stereocenters. The first-order valence-corrected chi connectivity index (χ1v) is 16.3. The van der Waals surface area contributed by atoms with Crippen molar-refractivity contribution >= 4 is 39.2 Å². The number of fused-ring (bicyclic) bond motifs is 1. The second-order valence-corrected chi connectivity index (χ2v) is 13.2. The van der Waals surface area contributed by atoms with E-state index in [9.17, 15) is 26.4 Å². The monoisotopic (exact) mass is 684 g/mol. The first-order valence-electron chi connectivity index (χ1n) is 14.0. The second kappa shape index (κ2) is 14.0. The maximum Gasteiger partial charge on any atom is 0.423 e. The zero-order valence-electron chi connectivity index (χ0n) is 24.6. The van der Waals surface area contributed by atoms with Crippen molar-refractivity contribution in [1.29, 1.82) is 0 Å². The quantitative estimate of drug-likeness (QED) is 0.286. The number of amides is 1. The van der Waals surface area contributed by atoms with E-state index < -0.39 is 39.8 Å². The molecule has 2 atom stereocenters. The number of hydrogen-bond donors (Lipinski definition) is 3. The second-order valence-electron chi connectivity index (χ2n) is 11.0. The van der Waals surface area contributed by atoms with Crippen LogP contribution in [0.3, 0.4) is 0 Å². The van der Waals surface area contributed by atoms with Crippen LogP contribution in [0.25, 0.3) is 0 Å². The fourth-order valence-corrected chi connectivity index (χ4v) is 6.41. The average Bonchev–Trinajstić information content (AvgIpc) is 3.29. The van der Waals surface area contributed by atoms with Crippen LogP contribution >= 0.6 is 11.6 Å². The van der Waals surface area contributed by atoms with Crippen molar-refractivity contribution in [3.63, 3.8) is 0 Å². The smallest absolute Gasteiger partial charge is 0.423 e. The van der Waals surface area contributed by atoms with Crippen molar-refractivity contribution in [2.24, 2.45) is 0 Å². The lowest BCUT2D eigenvalue weighted by atomic mass is 10.0. The molecule has 1 saturated heterocycles. The summed E-state index contributed by atoms with van der Waals surface area (Å²) in [6.45, 7) is 1.71. The Hall–Kier alpha value is -3.66. The van der Waals surface area contributed by atoms with Crippen LogP contribution in [-0.2, 0) is 22.6 Å². The normalized spacial score (nSPS) is 18.8. The number of carbonyl (C=O) groups is 1. The summed E-state index contributed by atoms with van der Waals surface area (Å²) in [5, 5.41) is 5.86. The number of nitrogens with one attached hydrogen (secondary N) is 3. The van der Waals surface area contributed by atoms with E-state index in [4.69, 9.17) is 21.1 Å². The number of alkyl halides is 3. The molecule has 0 saturated carbocycles. The van der Waals surface area contributed by atoms with Gasteiger partial charge >= 0.3 is 6.18 Å². The minimum Gasteiger partial charge on any atom is -0.495 e. The van der Waals surface area contributed by atoms with Crippen molar-refractivity contribution in [1.82, 2.24) is 24.9 Å². The molecule has 250 valence electrons. The summed E-state index contributed by atoms with van der Waals surface area (Å²) < 4.78 is 80.0. The summed E-state index contributed by atoms with van der Waals surface area (Å²) >= 11 is 6.47. The van der Waals surface area contributed by atoms with Gasteiger partial charge in [-0.05, 0) is 56.2 Å². The van der Waals surface area contributed by atoms with Gasteiger partial charge in [0, 0.05) is 18.7 Å². The molecule has 3 N–H and O–H groups in total. The number of nitrogens with zero attached hydrogens (tertiary/aromatic N) is 3. The van der Waals surface area contributed by atoms with Gasteiger partial charge in [-0.25, -0.2) is 18.1 Å². The van der Waals surface area contributed by atoms with Gasteiger partial charge in [0.15, 0.2) is 0 Å². The largest absolute Gasteiger partial charge is 0.495 e. The van der Waals surface area contributed by atoms with Crippen LogP contribution in [0.2, 0.25) is 5.02 Å². The van der Waals surface area contributed by atoms with Crippen LogP contribution < -0.4 is 24.8 Å². The van der Waals surface area contributed by atoms with E-state index in [0.29, 0.717) is 11.8 Å². The first kappa shape index (κ1) is 35.2. The van der Waals surface area contributed by atoms with Gasteiger partial charge in [-0.15, -0.1) is 0 Å². The molecule has 16 heteroatoms. The Labute approximate surface area is 270 Å². The molecule has 1 aromatic heterocycles. The van der Waals surface area contributed by atoms with Crippen LogP contribution in [0.5, 0.6) is 11.6 Å². The third-order valence-corrected chi connectivity index (χ3v) is 8.68. The Morgan fingerprint density at radius 2 is 1.85 bits per heavy atom. The molecule has 2 aromatic carbocycles. The summed E-state index contributed by atoms with van der Waals surface area (Å²) in [6, 6.07) is 8.75. The van der Waals surface area contributed by atoms with Gasteiger partial charge in [0.1, 0.15) is 17.4 Å². The number of aromatic nitrogens is 2. The van der Waals surface area contributed by atoms with Crippen molar-refractivity contribution in [2.75, 3.05) is 38.8 Å². The molecule has 5 rings (SSSR count). The van der Waals surface area contributed by atoms with Gasteiger partial charge in [-0.2, -0.15) is 18.2 Å². The highest BCUT2D eigenvalue weighted by Crippen LogP contribution is 2.40. The summed E-state index contributed by atoms with van der Waals surface area (Å²) in [7, 11) is -0.371. The summed E-state index contributed by atoms with van der Waals surface area (Å²) in [4.78, 5) is 23.0. The number of piperidine rings is 1. The van der Waals surface area contributed by atoms with E-state index in [1.54, 1.807) is 24.3 Å². The molecule has 0 spiro atoms. The van der Waals surface area contributed by atoms with Crippen molar-refractivity contribution in [3.05, 3.63) is 69.9 Å². The Kier molecular flexibility index (Phi) is 10.7. The van der Waals surface area contributed by atoms with E-state index in [1.165, 1.54) is 19.2 Å². The number of likely N-dealkylation sites (tertiary alicyclic amines) is 1. The molecule has 1 aliphatic carbocycles. The zero-order valence-corrected chi connectivity index (χ0v) is 26.2. The van der Waals surface area contributed by atoms with Crippen molar-refractivity contribution in [3.8, 4) is 11.6 Å². The Morgan fingerprint density at radius 1 is 1.15 bits per heavy atom. The number of ether oxygens (including phenoxy) is 2. The number of benzene rings is 2. The molecule has 2 heterocycles. The van der Waals surface area contributed by atoms with E-state index >= 15 is 0 Å². The zero-order chi connectivity index (χ0) is 32.5. The summed E-state index contributed by atoms with van der Waals surface area (Å²) in [5.41, 5.74) is 0.430. The van der Waals surface area contributed by atoms with E-state index in [2.05, 4.69) is 30.2 Å². The maximum absolute atomic E-state index is 14.0. The average molecular weight is 685 g/mol. The minimum atomic E-state index is -4.87. The van der Waals surface area contributed by atoms with Gasteiger partial charge in [-0.3, -0.25) is 4.79 Å². The number of anilines is 2. The molecule has 1 amide bonds. The van der Waals surface area contributed by atoms with Gasteiger partial charge in [0.25, 0.3) is 5.91 Å². The lowest BCUT2D eigenvalue weighted by Crippen LogP contribution is -2.43. The van der Waals surface area contributed by atoms with Crippen molar-refractivity contribution < 1.29 is 35.9 Å². The molecule has 1 fully saturated rings. The molecule has 0 radical (unpaired) electrons. The predicted molar refractivity (Wildman–Crippen MR) is 168 cm³/mol. The molecule has 3 aromatic rings. The van der Waals surface area contributed by atoms with Crippen molar-refractivity contribution in [2.45, 2.75) is 51.1 Å². The lowest BCUT2D eigenvalue weighted by molar-refractivity contribution is -0.140. The van der Waals surface area contributed by atoms with E-state index in [1.807, 2.05) is 7.05 Å². The highest BCUT2D eigenvalue weighted by Gasteiger charge is 2.41. The van der Waals surface area contributed by atoms with Crippen LogP contribution in [0.15, 0.2) is 42.6 Å². The fraction of sp³-hybridized carbons (Fsp3) is 0.433. The van der Waals surface area contributed by atoms with E-state index in [-0.39, 0.29) is 53.8 Å². The number of sulfonamides is 1. The molecule has 11 nitrogen and oxygen atoms in total. The number of halogens is 4. The lowest BCUT2D eigenvalue weighted by Gasteiger charge is -2.29. The Morgan fingerprint density at radius 3 is 2.50 bits per heavy atom. The Bertz CT molecular complexity index is 1690. The van der Waals surface area contributed by atoms with Gasteiger partial charge in [-0.1, -0.05) is 43.3 Å². The Balaban J connectivity index is 0.00000480. The minimum absolute atomic E-state index is 0. The topological polar surface area (TPSA) is 135 Å². The SMILES string of the molecule is C.COc1cc(C(=O)NC2CCN(C)CC2)c(Cl)cc1Nc1ncc(C(F)(F)F)c(O[C@@H]2Cc3ccccc3[C@H]2NS(C)(=O)=O)n1. The standard InChI is InChI=1S/C29H32ClF3N6O5S.CH4/c1-39-10-8-17(9-11-39)35-26(40)19-13-23(43-2)22(14-21(19)30)36-28-34-15-20(29(31,32)33)27(37-28)44-24-12-16-6-4-5-7-18(16)25(24)38-45(3,41)42;/h4-7,13-15,17,24-25,38H,8-12H2,1-3H3,(H,35,40)(H,34,36,37);1H4/t24-,25-;/m1./s1. The molecular weight excluding hydrogens is 649 g/mol. The maximum atomic E-state index is 14.0. The number of methoxy groups -OCH3 is 1. The van der Waals surface area contributed by atoms with E-state index in [0.717, 1.165) is 37.8 Å². The molecule has 1 aliphatic heterocycles. The predicted octanol–water partition coefficient (Wildman–Crippen LogP) is 4.96. The first-order chi connectivity index (χ1) is 21.2. The number of carbonyl (C=O) groups excluding carboxylic acids is 1. The number of hydrogen-bond acceptors (Lipinski definition) is 9. The molecule has 2 aliphatic rings. The molecule has 0 bridgehead atoms. The van der Waals surface area contributed by atoms with Gasteiger partial charge in [0.05, 0.1) is 35.7 Å².